The number of carbonyl (C=O) groups is 2. The number of rotatable bonds is 6. The molecule has 0 aliphatic rings. The summed E-state index contributed by atoms with van der Waals surface area (Å²) in [7, 11) is 2.74. The summed E-state index contributed by atoms with van der Waals surface area (Å²) < 4.78 is 9.82. The van der Waals surface area contributed by atoms with Crippen LogP contribution in [0.1, 0.15) is 33.2 Å². The molecule has 1 amide bonds. The van der Waals surface area contributed by atoms with E-state index < -0.39 is 24.0 Å². The van der Waals surface area contributed by atoms with E-state index in [9.17, 15) is 14.7 Å². The summed E-state index contributed by atoms with van der Waals surface area (Å²) in [6.07, 6.45) is -1.26. The zero-order valence-electron chi connectivity index (χ0n) is 15.3. The average Bonchev–Trinajstić information content (AvgIpc) is 2.66. The second-order valence-electron chi connectivity index (χ2n) is 5.99. The van der Waals surface area contributed by atoms with Crippen molar-refractivity contribution in [3.05, 3.63) is 64.7 Å². The topological polar surface area (TPSA) is 84.9 Å². The van der Waals surface area contributed by atoms with Crippen LogP contribution in [-0.2, 0) is 9.53 Å². The molecule has 0 aliphatic carbocycles. The molecule has 2 unspecified atom stereocenters. The fraction of sp³-hybridized carbons (Fsp3) is 0.300. The van der Waals surface area contributed by atoms with E-state index in [1.165, 1.54) is 14.2 Å². The number of hydrogen-bond donors (Lipinski definition) is 2. The molecule has 0 spiro atoms. The van der Waals surface area contributed by atoms with Crippen LogP contribution >= 0.6 is 0 Å². The van der Waals surface area contributed by atoms with Crippen LogP contribution in [0.4, 0.5) is 0 Å². The van der Waals surface area contributed by atoms with Gasteiger partial charge in [-0.2, -0.15) is 0 Å². The zero-order valence-corrected chi connectivity index (χ0v) is 15.3. The van der Waals surface area contributed by atoms with Crippen molar-refractivity contribution in [2.24, 2.45) is 0 Å². The molecule has 6 heteroatoms. The molecular formula is C20H23NO5. The molecule has 2 atom stereocenters. The lowest BCUT2D eigenvalue weighted by Crippen LogP contribution is -2.45. The number of hydrogen-bond acceptors (Lipinski definition) is 5. The molecular weight excluding hydrogens is 334 g/mol. The maximum Gasteiger partial charge on any atom is 0.331 e. The summed E-state index contributed by atoms with van der Waals surface area (Å²) in [4.78, 5) is 24.6. The number of aryl methyl sites for hydroxylation is 2. The van der Waals surface area contributed by atoms with Crippen LogP contribution in [-0.4, -0.2) is 37.2 Å². The molecule has 6 nitrogen and oxygen atoms in total. The first-order chi connectivity index (χ1) is 12.4. The first-order valence-corrected chi connectivity index (χ1v) is 8.15. The van der Waals surface area contributed by atoms with Gasteiger partial charge in [0.2, 0.25) is 0 Å². The van der Waals surface area contributed by atoms with E-state index in [0.29, 0.717) is 16.9 Å². The Morgan fingerprint density at radius 2 is 1.65 bits per heavy atom. The van der Waals surface area contributed by atoms with Crippen LogP contribution in [0.15, 0.2) is 42.5 Å². The third-order valence-corrected chi connectivity index (χ3v) is 4.28. The van der Waals surface area contributed by atoms with E-state index in [0.717, 1.165) is 11.1 Å². The van der Waals surface area contributed by atoms with E-state index in [1.54, 1.807) is 36.4 Å². The minimum absolute atomic E-state index is 0.406. The fourth-order valence-electron chi connectivity index (χ4n) is 2.49. The van der Waals surface area contributed by atoms with Crippen molar-refractivity contribution in [1.82, 2.24) is 5.32 Å². The zero-order chi connectivity index (χ0) is 19.3. The summed E-state index contributed by atoms with van der Waals surface area (Å²) >= 11 is 0. The molecule has 0 heterocycles. The number of carbonyl (C=O) groups excluding carboxylic acids is 2. The Bertz CT molecular complexity index is 785. The van der Waals surface area contributed by atoms with Crippen molar-refractivity contribution >= 4 is 11.9 Å². The van der Waals surface area contributed by atoms with E-state index in [-0.39, 0.29) is 0 Å². The molecule has 2 rings (SSSR count). The van der Waals surface area contributed by atoms with Gasteiger partial charge in [0, 0.05) is 5.56 Å². The van der Waals surface area contributed by atoms with E-state index >= 15 is 0 Å². The maximum absolute atomic E-state index is 12.5. The Labute approximate surface area is 152 Å². The molecule has 26 heavy (non-hydrogen) atoms. The molecule has 2 N–H and O–H groups in total. The first kappa shape index (κ1) is 19.5. The summed E-state index contributed by atoms with van der Waals surface area (Å²) in [6.45, 7) is 3.85. The number of esters is 1. The summed E-state index contributed by atoms with van der Waals surface area (Å²) in [5.41, 5.74) is 2.89. The van der Waals surface area contributed by atoms with Crippen LogP contribution in [0.25, 0.3) is 0 Å². The number of methoxy groups -OCH3 is 2. The van der Waals surface area contributed by atoms with Crippen molar-refractivity contribution in [2.45, 2.75) is 26.0 Å². The molecule has 0 bridgehead atoms. The van der Waals surface area contributed by atoms with Crippen LogP contribution < -0.4 is 10.1 Å². The van der Waals surface area contributed by atoms with Crippen molar-refractivity contribution < 1.29 is 24.2 Å². The third-order valence-electron chi connectivity index (χ3n) is 4.28. The molecule has 0 fully saturated rings. The summed E-state index contributed by atoms with van der Waals surface area (Å²) in [5, 5.41) is 13.1. The average molecular weight is 357 g/mol. The Morgan fingerprint density at radius 1 is 1.00 bits per heavy atom. The van der Waals surface area contributed by atoms with Gasteiger partial charge in [-0.25, -0.2) is 4.79 Å². The highest BCUT2D eigenvalue weighted by Crippen LogP contribution is 2.21. The first-order valence-electron chi connectivity index (χ1n) is 8.15. The second kappa shape index (κ2) is 8.49. The van der Waals surface area contributed by atoms with Gasteiger partial charge in [-0.05, 0) is 54.8 Å². The van der Waals surface area contributed by atoms with E-state index in [1.807, 2.05) is 19.9 Å². The highest BCUT2D eigenvalue weighted by molar-refractivity contribution is 5.97. The molecule has 138 valence electrons. The smallest absolute Gasteiger partial charge is 0.331 e. The predicted molar refractivity (Wildman–Crippen MR) is 97.1 cm³/mol. The fourth-order valence-corrected chi connectivity index (χ4v) is 2.49. The number of nitrogens with one attached hydrogen (secondary N) is 1. The summed E-state index contributed by atoms with van der Waals surface area (Å²) in [6, 6.07) is 10.6. The van der Waals surface area contributed by atoms with Crippen LogP contribution in [0.2, 0.25) is 0 Å². The van der Waals surface area contributed by atoms with Gasteiger partial charge < -0.3 is 19.9 Å². The number of amides is 1. The molecule has 0 aromatic heterocycles. The maximum atomic E-state index is 12.5. The van der Waals surface area contributed by atoms with Crippen molar-refractivity contribution in [3.8, 4) is 5.75 Å². The van der Waals surface area contributed by atoms with Crippen molar-refractivity contribution in [1.29, 1.82) is 0 Å². The number of aliphatic hydroxyl groups is 1. The number of aliphatic hydroxyl groups excluding tert-OH is 1. The molecule has 2 aromatic carbocycles. The van der Waals surface area contributed by atoms with Gasteiger partial charge >= 0.3 is 5.97 Å². The minimum Gasteiger partial charge on any atom is -0.497 e. The largest absolute Gasteiger partial charge is 0.497 e. The lowest BCUT2D eigenvalue weighted by molar-refractivity contribution is -0.146. The van der Waals surface area contributed by atoms with Gasteiger partial charge in [-0.15, -0.1) is 0 Å². The summed E-state index contributed by atoms with van der Waals surface area (Å²) in [5.74, 6) is -0.573. The number of benzene rings is 2. The van der Waals surface area contributed by atoms with Crippen LogP contribution in [0.3, 0.4) is 0 Å². The van der Waals surface area contributed by atoms with Crippen LogP contribution in [0, 0.1) is 13.8 Å². The third kappa shape index (κ3) is 4.40. The van der Waals surface area contributed by atoms with Gasteiger partial charge in [-0.3, -0.25) is 4.79 Å². The minimum atomic E-state index is -1.26. The van der Waals surface area contributed by atoms with Crippen molar-refractivity contribution in [2.75, 3.05) is 14.2 Å². The Kier molecular flexibility index (Phi) is 6.36. The lowest BCUT2D eigenvalue weighted by Gasteiger charge is -2.22. The Morgan fingerprint density at radius 3 is 2.19 bits per heavy atom. The van der Waals surface area contributed by atoms with E-state index in [4.69, 9.17) is 9.47 Å². The van der Waals surface area contributed by atoms with E-state index in [2.05, 4.69) is 5.32 Å². The number of ether oxygens (including phenoxy) is 2. The molecule has 0 saturated carbocycles. The molecule has 0 saturated heterocycles. The standard InChI is InChI=1S/C20H23NO5/c1-12-5-6-15(11-13(12)2)19(23)21-17(20(24)26-4)18(22)14-7-9-16(25-3)10-8-14/h5-11,17-18,22H,1-4H3,(H,21,23). The lowest BCUT2D eigenvalue weighted by atomic mass is 10.0. The normalized spacial score (nSPS) is 12.8. The van der Waals surface area contributed by atoms with Crippen molar-refractivity contribution in [3.63, 3.8) is 0 Å². The Hall–Kier alpha value is -2.86. The Balaban J connectivity index is 2.24. The molecule has 0 aliphatic heterocycles. The SMILES string of the molecule is COC(=O)C(NC(=O)c1ccc(C)c(C)c1)C(O)c1ccc(OC)cc1. The molecule has 0 radical (unpaired) electrons. The quantitative estimate of drug-likeness (QED) is 0.775. The van der Waals surface area contributed by atoms with Gasteiger partial charge in [0.1, 0.15) is 11.9 Å². The highest BCUT2D eigenvalue weighted by Gasteiger charge is 2.31. The molecule has 2 aromatic rings. The monoisotopic (exact) mass is 357 g/mol. The van der Waals surface area contributed by atoms with Crippen LogP contribution in [0.5, 0.6) is 5.75 Å². The van der Waals surface area contributed by atoms with Gasteiger partial charge in [-0.1, -0.05) is 18.2 Å². The highest BCUT2D eigenvalue weighted by atomic mass is 16.5. The van der Waals surface area contributed by atoms with Gasteiger partial charge in [0.05, 0.1) is 14.2 Å². The second-order valence-corrected chi connectivity index (χ2v) is 5.99. The van der Waals surface area contributed by atoms with Gasteiger partial charge in [0.25, 0.3) is 5.91 Å². The van der Waals surface area contributed by atoms with Gasteiger partial charge in [0.15, 0.2) is 6.04 Å². The predicted octanol–water partition coefficient (Wildman–Crippen LogP) is 2.32.